The van der Waals surface area contributed by atoms with Gasteiger partial charge in [0.2, 0.25) is 0 Å². The lowest BCUT2D eigenvalue weighted by molar-refractivity contribution is 0.172. The van der Waals surface area contributed by atoms with Crippen LogP contribution in [0.15, 0.2) is 47.4 Å². The lowest BCUT2D eigenvalue weighted by atomic mass is 9.99. The van der Waals surface area contributed by atoms with Crippen molar-refractivity contribution in [2.75, 3.05) is 0 Å². The van der Waals surface area contributed by atoms with Gasteiger partial charge in [-0.25, -0.2) is 0 Å². The number of rotatable bonds is 2. The lowest BCUT2D eigenvalue weighted by Gasteiger charge is -2.34. The molecule has 19 heavy (non-hydrogen) atoms. The molecule has 3 heteroatoms. The van der Waals surface area contributed by atoms with Gasteiger partial charge >= 0.3 is 0 Å². The molecule has 1 aromatic heterocycles. The first kappa shape index (κ1) is 12.2. The first-order valence-corrected chi connectivity index (χ1v) is 6.71. The molecule has 0 spiro atoms. The number of nitrogens with zero attached hydrogens (tertiary/aromatic N) is 1. The summed E-state index contributed by atoms with van der Waals surface area (Å²) in [7, 11) is 0. The smallest absolute Gasteiger partial charge is 0.186 e. The Morgan fingerprint density at radius 1 is 1.26 bits per heavy atom. The predicted octanol–water partition coefficient (Wildman–Crippen LogP) is 2.32. The molecule has 0 saturated carbocycles. The van der Waals surface area contributed by atoms with Crippen molar-refractivity contribution >= 4 is 0 Å². The average Bonchev–Trinajstić information content (AvgIpc) is 2.42. The maximum Gasteiger partial charge on any atom is 0.186 e. The van der Waals surface area contributed by atoms with Gasteiger partial charge in [0.05, 0.1) is 0 Å². The van der Waals surface area contributed by atoms with Gasteiger partial charge in [-0.3, -0.25) is 9.69 Å². The van der Waals surface area contributed by atoms with Gasteiger partial charge < -0.3 is 4.98 Å². The van der Waals surface area contributed by atoms with E-state index in [1.54, 1.807) is 12.3 Å². The fraction of sp³-hybridized carbons (Fsp3) is 0.312. The van der Waals surface area contributed by atoms with Crippen LogP contribution in [-0.2, 0) is 19.5 Å². The quantitative estimate of drug-likeness (QED) is 0.893. The van der Waals surface area contributed by atoms with E-state index in [1.165, 1.54) is 5.56 Å². The summed E-state index contributed by atoms with van der Waals surface area (Å²) in [5.41, 5.74) is 3.48. The molecule has 1 aliphatic rings. The molecular weight excluding hydrogens is 236 g/mol. The van der Waals surface area contributed by atoms with Gasteiger partial charge in [0.25, 0.3) is 0 Å². The van der Waals surface area contributed by atoms with E-state index in [0.717, 1.165) is 30.8 Å². The summed E-state index contributed by atoms with van der Waals surface area (Å²) < 4.78 is 0. The van der Waals surface area contributed by atoms with Crippen molar-refractivity contribution in [1.82, 2.24) is 9.88 Å². The van der Waals surface area contributed by atoms with Gasteiger partial charge in [-0.15, -0.1) is 0 Å². The fourth-order valence-corrected chi connectivity index (χ4v) is 2.72. The van der Waals surface area contributed by atoms with Gasteiger partial charge in [0.1, 0.15) is 0 Å². The number of aromatic amines is 1. The van der Waals surface area contributed by atoms with Crippen molar-refractivity contribution in [1.29, 1.82) is 0 Å². The van der Waals surface area contributed by atoms with Gasteiger partial charge in [-0.1, -0.05) is 30.3 Å². The topological polar surface area (TPSA) is 36.1 Å². The highest BCUT2D eigenvalue weighted by Gasteiger charge is 2.24. The van der Waals surface area contributed by atoms with Crippen molar-refractivity contribution in [2.24, 2.45) is 0 Å². The molecule has 0 fully saturated rings. The van der Waals surface area contributed by atoms with E-state index >= 15 is 0 Å². The number of pyridine rings is 1. The molecule has 98 valence electrons. The summed E-state index contributed by atoms with van der Waals surface area (Å²) in [6, 6.07) is 12.5. The molecular formula is C16H18N2O. The lowest BCUT2D eigenvalue weighted by Crippen LogP contribution is -2.40. The summed E-state index contributed by atoms with van der Waals surface area (Å²) in [6.07, 6.45) is 2.67. The fourth-order valence-electron chi connectivity index (χ4n) is 2.72. The minimum Gasteiger partial charge on any atom is -0.364 e. The molecule has 3 nitrogen and oxygen atoms in total. The summed E-state index contributed by atoms with van der Waals surface area (Å²) >= 11 is 0. The predicted molar refractivity (Wildman–Crippen MR) is 75.9 cm³/mol. The molecule has 2 heterocycles. The second-order valence-electron chi connectivity index (χ2n) is 5.24. The van der Waals surface area contributed by atoms with Crippen molar-refractivity contribution in [3.63, 3.8) is 0 Å². The van der Waals surface area contributed by atoms with Crippen LogP contribution in [0.4, 0.5) is 0 Å². The van der Waals surface area contributed by atoms with Gasteiger partial charge in [-0.05, 0) is 12.5 Å². The SMILES string of the molecule is CC1Cc2[nH]ccc(=O)c2CN1Cc1ccccc1. The second-order valence-corrected chi connectivity index (χ2v) is 5.24. The molecule has 1 N–H and O–H groups in total. The summed E-state index contributed by atoms with van der Waals surface area (Å²) in [4.78, 5) is 17.5. The minimum absolute atomic E-state index is 0.152. The maximum absolute atomic E-state index is 11.9. The van der Waals surface area contributed by atoms with Crippen LogP contribution in [0.25, 0.3) is 0 Å². The summed E-state index contributed by atoms with van der Waals surface area (Å²) in [6.45, 7) is 3.86. The Kier molecular flexibility index (Phi) is 3.22. The van der Waals surface area contributed by atoms with Crippen LogP contribution < -0.4 is 5.43 Å². The zero-order valence-electron chi connectivity index (χ0n) is 11.1. The highest BCUT2D eigenvalue weighted by atomic mass is 16.1. The first-order valence-electron chi connectivity index (χ1n) is 6.71. The number of nitrogens with one attached hydrogen (secondary N) is 1. The molecule has 3 rings (SSSR count). The van der Waals surface area contributed by atoms with Crippen LogP contribution in [0.1, 0.15) is 23.7 Å². The van der Waals surface area contributed by atoms with E-state index in [-0.39, 0.29) is 5.43 Å². The average molecular weight is 254 g/mol. The zero-order chi connectivity index (χ0) is 13.2. The minimum atomic E-state index is 0.152. The normalized spacial score (nSPS) is 19.1. The Morgan fingerprint density at radius 3 is 2.84 bits per heavy atom. The maximum atomic E-state index is 11.9. The summed E-state index contributed by atoms with van der Waals surface area (Å²) in [5, 5.41) is 0. The van der Waals surface area contributed by atoms with E-state index in [1.807, 2.05) is 6.07 Å². The molecule has 2 aromatic rings. The monoisotopic (exact) mass is 254 g/mol. The van der Waals surface area contributed by atoms with Crippen LogP contribution >= 0.6 is 0 Å². The van der Waals surface area contributed by atoms with Crippen LogP contribution in [-0.4, -0.2) is 15.9 Å². The third kappa shape index (κ3) is 2.47. The molecule has 0 aliphatic carbocycles. The van der Waals surface area contributed by atoms with Gasteiger partial charge in [0, 0.05) is 49.1 Å². The standard InChI is InChI=1S/C16H18N2O/c1-12-9-15-14(16(19)7-8-17-15)11-18(12)10-13-5-3-2-4-6-13/h2-8,12H,9-11H2,1H3,(H,17,19). The zero-order valence-corrected chi connectivity index (χ0v) is 11.1. The number of H-pyrrole nitrogens is 1. The number of hydrogen-bond acceptors (Lipinski definition) is 2. The highest BCUT2D eigenvalue weighted by Crippen LogP contribution is 2.21. The first-order chi connectivity index (χ1) is 9.24. The number of aromatic nitrogens is 1. The molecule has 1 unspecified atom stereocenters. The summed E-state index contributed by atoms with van der Waals surface area (Å²) in [5.74, 6) is 0. The molecule has 0 amide bonds. The van der Waals surface area contributed by atoms with E-state index in [2.05, 4.69) is 41.1 Å². The largest absolute Gasteiger partial charge is 0.364 e. The Morgan fingerprint density at radius 2 is 2.05 bits per heavy atom. The van der Waals surface area contributed by atoms with E-state index < -0.39 is 0 Å². The van der Waals surface area contributed by atoms with Crippen LogP contribution in [0.2, 0.25) is 0 Å². The Hall–Kier alpha value is -1.87. The molecule has 1 aliphatic heterocycles. The van der Waals surface area contributed by atoms with Crippen molar-refractivity contribution < 1.29 is 0 Å². The molecule has 0 radical (unpaired) electrons. The van der Waals surface area contributed by atoms with E-state index in [9.17, 15) is 4.79 Å². The van der Waals surface area contributed by atoms with Gasteiger partial charge in [0.15, 0.2) is 5.43 Å². The van der Waals surface area contributed by atoms with Crippen LogP contribution in [0.5, 0.6) is 0 Å². The van der Waals surface area contributed by atoms with Gasteiger partial charge in [-0.2, -0.15) is 0 Å². The van der Waals surface area contributed by atoms with Crippen molar-refractivity contribution in [3.8, 4) is 0 Å². The Balaban J connectivity index is 1.85. The molecule has 0 saturated heterocycles. The van der Waals surface area contributed by atoms with E-state index in [4.69, 9.17) is 0 Å². The van der Waals surface area contributed by atoms with E-state index in [0.29, 0.717) is 6.04 Å². The third-order valence-electron chi connectivity index (χ3n) is 3.87. The third-order valence-corrected chi connectivity index (χ3v) is 3.87. The number of hydrogen-bond donors (Lipinski definition) is 1. The van der Waals surface area contributed by atoms with Crippen LogP contribution in [0.3, 0.4) is 0 Å². The Bertz CT molecular complexity index is 618. The van der Waals surface area contributed by atoms with Crippen molar-refractivity contribution in [3.05, 3.63) is 69.6 Å². The second kappa shape index (κ2) is 5.02. The number of fused-ring (bicyclic) bond motifs is 1. The molecule has 1 aromatic carbocycles. The number of benzene rings is 1. The molecule has 1 atom stereocenters. The Labute approximate surface area is 112 Å². The van der Waals surface area contributed by atoms with Crippen LogP contribution in [0, 0.1) is 0 Å². The molecule has 0 bridgehead atoms. The van der Waals surface area contributed by atoms with Crippen molar-refractivity contribution in [2.45, 2.75) is 32.5 Å². The highest BCUT2D eigenvalue weighted by molar-refractivity contribution is 5.24.